The number of hydrogen-bond donors (Lipinski definition) is 1. The largest absolute Gasteiger partial charge is 0.369 e. The third-order valence-electron chi connectivity index (χ3n) is 6.49. The van der Waals surface area contributed by atoms with Crippen LogP contribution in [0.15, 0.2) is 35.8 Å². The molecule has 0 aliphatic carbocycles. The van der Waals surface area contributed by atoms with Gasteiger partial charge in [0.25, 0.3) is 0 Å². The second-order valence-electron chi connectivity index (χ2n) is 8.19. The minimum Gasteiger partial charge on any atom is -0.369 e. The number of thiazole rings is 1. The van der Waals surface area contributed by atoms with E-state index in [1.165, 1.54) is 5.56 Å². The van der Waals surface area contributed by atoms with E-state index in [0.717, 1.165) is 36.6 Å². The van der Waals surface area contributed by atoms with E-state index in [1.807, 2.05) is 23.7 Å². The molecule has 0 saturated carbocycles. The van der Waals surface area contributed by atoms with Gasteiger partial charge in [0.15, 0.2) is 5.13 Å². The molecule has 2 bridgehead atoms. The van der Waals surface area contributed by atoms with Gasteiger partial charge in [-0.25, -0.2) is 4.98 Å². The Kier molecular flexibility index (Phi) is 4.20. The van der Waals surface area contributed by atoms with Gasteiger partial charge < -0.3 is 15.0 Å². The summed E-state index contributed by atoms with van der Waals surface area (Å²) in [4.78, 5) is 19.3. The van der Waals surface area contributed by atoms with E-state index in [0.29, 0.717) is 30.9 Å². The molecule has 1 N–H and O–H groups in total. The Morgan fingerprint density at radius 2 is 2.26 bits per heavy atom. The molecule has 5 rings (SSSR count). The van der Waals surface area contributed by atoms with E-state index in [2.05, 4.69) is 34.3 Å². The predicted octanol–water partition coefficient (Wildman–Crippen LogP) is 2.79. The summed E-state index contributed by atoms with van der Waals surface area (Å²) < 4.78 is 6.47. The number of amides is 1. The van der Waals surface area contributed by atoms with Crippen molar-refractivity contribution in [2.75, 3.05) is 24.5 Å². The van der Waals surface area contributed by atoms with E-state index in [-0.39, 0.29) is 11.5 Å². The standard InChI is InChI=1S/C21H25N3O2S/c1-14-2-4-15(5-3-14)10-19(25)23-11-16-17-12-24(20-22-8-9-27-20)13-21(17)7-6-18(16)26-21/h2-5,8-9,16-18H,6-7,10-13H2,1H3,(H,23,25)/t16-,17+,18+,21+/m0/s1. The first kappa shape index (κ1) is 17.2. The number of aromatic nitrogens is 1. The van der Waals surface area contributed by atoms with Crippen molar-refractivity contribution >= 4 is 22.4 Å². The Morgan fingerprint density at radius 3 is 3.04 bits per heavy atom. The maximum absolute atomic E-state index is 12.4. The molecule has 6 heteroatoms. The Balaban J connectivity index is 1.22. The highest BCUT2D eigenvalue weighted by Gasteiger charge is 2.63. The molecule has 3 saturated heterocycles. The summed E-state index contributed by atoms with van der Waals surface area (Å²) in [5, 5.41) is 6.30. The molecular weight excluding hydrogens is 358 g/mol. The molecule has 2 aromatic rings. The molecule has 1 amide bonds. The number of ether oxygens (including phenoxy) is 1. The zero-order chi connectivity index (χ0) is 18.4. The zero-order valence-corrected chi connectivity index (χ0v) is 16.4. The average molecular weight is 384 g/mol. The van der Waals surface area contributed by atoms with Gasteiger partial charge in [0, 0.05) is 43.0 Å². The quantitative estimate of drug-likeness (QED) is 0.863. The van der Waals surface area contributed by atoms with Gasteiger partial charge in [-0.2, -0.15) is 0 Å². The number of nitrogens with zero attached hydrogens (tertiary/aromatic N) is 2. The fraction of sp³-hybridized carbons (Fsp3) is 0.524. The van der Waals surface area contributed by atoms with Crippen LogP contribution in [0.4, 0.5) is 5.13 Å². The Bertz CT molecular complexity index is 822. The summed E-state index contributed by atoms with van der Waals surface area (Å²) >= 11 is 1.69. The van der Waals surface area contributed by atoms with Crippen molar-refractivity contribution in [3.63, 3.8) is 0 Å². The third-order valence-corrected chi connectivity index (χ3v) is 7.33. The highest BCUT2D eigenvalue weighted by Crippen LogP contribution is 2.55. The van der Waals surface area contributed by atoms with Gasteiger partial charge in [-0.1, -0.05) is 29.8 Å². The van der Waals surface area contributed by atoms with E-state index < -0.39 is 0 Å². The molecule has 0 radical (unpaired) electrons. The fourth-order valence-corrected chi connectivity index (χ4v) is 5.82. The molecule has 1 spiro atoms. The van der Waals surface area contributed by atoms with Crippen molar-refractivity contribution in [2.24, 2.45) is 11.8 Å². The van der Waals surface area contributed by atoms with E-state index >= 15 is 0 Å². The lowest BCUT2D eigenvalue weighted by Gasteiger charge is -2.29. The smallest absolute Gasteiger partial charge is 0.224 e. The van der Waals surface area contributed by atoms with Crippen molar-refractivity contribution in [1.82, 2.24) is 10.3 Å². The van der Waals surface area contributed by atoms with Crippen LogP contribution in [0.1, 0.15) is 24.0 Å². The zero-order valence-electron chi connectivity index (χ0n) is 15.6. The van der Waals surface area contributed by atoms with Crippen LogP contribution in [-0.4, -0.2) is 42.2 Å². The first-order valence-corrected chi connectivity index (χ1v) is 10.7. The van der Waals surface area contributed by atoms with Gasteiger partial charge in [0.2, 0.25) is 5.91 Å². The Hall–Kier alpha value is -1.92. The molecule has 142 valence electrons. The number of carbonyl (C=O) groups excluding carboxylic acids is 1. The first-order chi connectivity index (χ1) is 13.1. The number of fused-ring (bicyclic) bond motifs is 1. The minimum absolute atomic E-state index is 0.0251. The number of rotatable bonds is 5. The van der Waals surface area contributed by atoms with Crippen LogP contribution in [0.25, 0.3) is 0 Å². The van der Waals surface area contributed by atoms with E-state index in [1.54, 1.807) is 11.3 Å². The Morgan fingerprint density at radius 1 is 1.41 bits per heavy atom. The van der Waals surface area contributed by atoms with Crippen LogP contribution in [0.5, 0.6) is 0 Å². The van der Waals surface area contributed by atoms with Crippen LogP contribution >= 0.6 is 11.3 Å². The average Bonchev–Trinajstić information content (AvgIpc) is 3.42. The maximum Gasteiger partial charge on any atom is 0.224 e. The lowest BCUT2D eigenvalue weighted by molar-refractivity contribution is -0.120. The van der Waals surface area contributed by atoms with Gasteiger partial charge in [-0.05, 0) is 25.3 Å². The SMILES string of the molecule is Cc1ccc(CC(=O)NC[C@H]2[C@H]3CN(c4nccs4)C[C@]34CC[C@H]2O4)cc1. The summed E-state index contributed by atoms with van der Waals surface area (Å²) in [6, 6.07) is 8.19. The summed E-state index contributed by atoms with van der Waals surface area (Å²) in [6.45, 7) is 4.71. The van der Waals surface area contributed by atoms with Gasteiger partial charge >= 0.3 is 0 Å². The molecule has 3 fully saturated rings. The Labute approximate surface area is 163 Å². The monoisotopic (exact) mass is 383 g/mol. The van der Waals surface area contributed by atoms with Gasteiger partial charge in [-0.3, -0.25) is 4.79 Å². The highest BCUT2D eigenvalue weighted by atomic mass is 32.1. The van der Waals surface area contributed by atoms with E-state index in [4.69, 9.17) is 4.74 Å². The molecule has 27 heavy (non-hydrogen) atoms. The van der Waals surface area contributed by atoms with Crippen molar-refractivity contribution < 1.29 is 9.53 Å². The molecule has 3 aliphatic rings. The number of benzene rings is 1. The second kappa shape index (κ2) is 6.60. The fourth-order valence-electron chi connectivity index (χ4n) is 5.17. The number of aryl methyl sites for hydroxylation is 1. The topological polar surface area (TPSA) is 54.5 Å². The first-order valence-electron chi connectivity index (χ1n) is 9.77. The van der Waals surface area contributed by atoms with Gasteiger partial charge in [-0.15, -0.1) is 11.3 Å². The van der Waals surface area contributed by atoms with Crippen molar-refractivity contribution in [3.05, 3.63) is 47.0 Å². The third kappa shape index (κ3) is 3.05. The molecule has 5 nitrogen and oxygen atoms in total. The lowest BCUT2D eigenvalue weighted by atomic mass is 9.73. The maximum atomic E-state index is 12.4. The molecule has 4 heterocycles. The highest BCUT2D eigenvalue weighted by molar-refractivity contribution is 7.13. The van der Waals surface area contributed by atoms with Crippen molar-refractivity contribution in [1.29, 1.82) is 0 Å². The van der Waals surface area contributed by atoms with Crippen LogP contribution in [0.3, 0.4) is 0 Å². The summed E-state index contributed by atoms with van der Waals surface area (Å²) in [5.41, 5.74) is 2.26. The number of anilines is 1. The number of carbonyl (C=O) groups is 1. The molecule has 1 aromatic heterocycles. The second-order valence-corrected chi connectivity index (χ2v) is 9.06. The van der Waals surface area contributed by atoms with E-state index in [9.17, 15) is 4.79 Å². The van der Waals surface area contributed by atoms with Gasteiger partial charge in [0.05, 0.1) is 18.1 Å². The minimum atomic E-state index is -0.0251. The molecular formula is C21H25N3O2S. The van der Waals surface area contributed by atoms with Crippen LogP contribution < -0.4 is 10.2 Å². The van der Waals surface area contributed by atoms with Crippen molar-refractivity contribution in [2.45, 2.75) is 37.9 Å². The molecule has 4 atom stereocenters. The predicted molar refractivity (Wildman–Crippen MR) is 106 cm³/mol. The van der Waals surface area contributed by atoms with Crippen LogP contribution in [0, 0.1) is 18.8 Å². The lowest BCUT2D eigenvalue weighted by Crippen LogP contribution is -2.42. The molecule has 0 unspecified atom stereocenters. The number of nitrogens with one attached hydrogen (secondary N) is 1. The molecule has 1 aromatic carbocycles. The summed E-state index contributed by atoms with van der Waals surface area (Å²) in [5.74, 6) is 0.996. The number of hydrogen-bond acceptors (Lipinski definition) is 5. The summed E-state index contributed by atoms with van der Waals surface area (Å²) in [6.07, 6.45) is 4.86. The van der Waals surface area contributed by atoms with Crippen LogP contribution in [0.2, 0.25) is 0 Å². The van der Waals surface area contributed by atoms with Crippen LogP contribution in [-0.2, 0) is 16.0 Å². The van der Waals surface area contributed by atoms with Crippen molar-refractivity contribution in [3.8, 4) is 0 Å². The molecule has 3 aliphatic heterocycles. The van der Waals surface area contributed by atoms with Gasteiger partial charge in [0.1, 0.15) is 0 Å². The summed E-state index contributed by atoms with van der Waals surface area (Å²) in [7, 11) is 0. The normalized spacial score (nSPS) is 31.3.